The molecule has 1 amide bonds. The topological polar surface area (TPSA) is 54.0 Å². The van der Waals surface area contributed by atoms with E-state index in [0.717, 1.165) is 21.4 Å². The Kier molecular flexibility index (Phi) is 3.21. The quantitative estimate of drug-likeness (QED) is 0.915. The second-order valence-corrected chi connectivity index (χ2v) is 5.31. The average molecular weight is 318 g/mol. The standard InChI is InChI=1S/C14H12BrN3O/c15-9-3-4-11-12(14(19)18-13(11)6-9)8-17-10-2-1-5-16-7-10/h1-7,12,17H,8H2,(H,18,19)/t12-/m0/s1. The minimum atomic E-state index is -0.164. The van der Waals surface area contributed by atoms with Gasteiger partial charge in [0.25, 0.3) is 0 Å². The van der Waals surface area contributed by atoms with Crippen LogP contribution in [0.25, 0.3) is 0 Å². The van der Waals surface area contributed by atoms with Gasteiger partial charge in [-0.2, -0.15) is 0 Å². The molecule has 3 rings (SSSR count). The molecule has 0 bridgehead atoms. The zero-order valence-electron chi connectivity index (χ0n) is 10.1. The van der Waals surface area contributed by atoms with Crippen LogP contribution in [-0.2, 0) is 4.79 Å². The van der Waals surface area contributed by atoms with E-state index in [2.05, 4.69) is 31.5 Å². The predicted octanol–water partition coefficient (Wildman–Crippen LogP) is 2.99. The summed E-state index contributed by atoms with van der Waals surface area (Å²) in [5.74, 6) is -0.132. The van der Waals surface area contributed by atoms with Crippen LogP contribution in [0.5, 0.6) is 0 Å². The van der Waals surface area contributed by atoms with Gasteiger partial charge < -0.3 is 10.6 Å². The molecule has 2 aromatic rings. The van der Waals surface area contributed by atoms with Gasteiger partial charge in [0.05, 0.1) is 11.6 Å². The van der Waals surface area contributed by atoms with Gasteiger partial charge in [-0.05, 0) is 29.8 Å². The van der Waals surface area contributed by atoms with Gasteiger partial charge >= 0.3 is 0 Å². The fourth-order valence-electron chi connectivity index (χ4n) is 2.19. The number of carbonyl (C=O) groups excluding carboxylic acids is 1. The van der Waals surface area contributed by atoms with E-state index in [1.807, 2.05) is 30.3 Å². The van der Waals surface area contributed by atoms with Crippen molar-refractivity contribution < 1.29 is 4.79 Å². The van der Waals surface area contributed by atoms with Crippen molar-refractivity contribution >= 4 is 33.2 Å². The van der Waals surface area contributed by atoms with Crippen molar-refractivity contribution in [2.24, 2.45) is 0 Å². The Bertz CT molecular complexity index is 615. The van der Waals surface area contributed by atoms with Crippen LogP contribution in [-0.4, -0.2) is 17.4 Å². The number of rotatable bonds is 3. The number of fused-ring (bicyclic) bond motifs is 1. The molecular weight excluding hydrogens is 306 g/mol. The molecule has 4 nitrogen and oxygen atoms in total. The normalized spacial score (nSPS) is 16.9. The Morgan fingerprint density at radius 3 is 3.05 bits per heavy atom. The van der Waals surface area contributed by atoms with Gasteiger partial charge in [0.15, 0.2) is 0 Å². The molecule has 2 heterocycles. The van der Waals surface area contributed by atoms with Crippen LogP contribution in [0.2, 0.25) is 0 Å². The Morgan fingerprint density at radius 2 is 2.26 bits per heavy atom. The first kappa shape index (κ1) is 12.2. The number of hydrogen-bond donors (Lipinski definition) is 2. The van der Waals surface area contributed by atoms with Crippen LogP contribution >= 0.6 is 15.9 Å². The number of aromatic nitrogens is 1. The molecule has 1 aromatic carbocycles. The lowest BCUT2D eigenvalue weighted by Gasteiger charge is -2.11. The molecule has 0 fully saturated rings. The third-order valence-corrected chi connectivity index (χ3v) is 3.63. The van der Waals surface area contributed by atoms with Crippen molar-refractivity contribution in [3.05, 3.63) is 52.8 Å². The minimum Gasteiger partial charge on any atom is -0.383 e. The average Bonchev–Trinajstić information content (AvgIpc) is 2.72. The van der Waals surface area contributed by atoms with E-state index in [4.69, 9.17) is 0 Å². The maximum Gasteiger partial charge on any atom is 0.233 e. The predicted molar refractivity (Wildman–Crippen MR) is 78.2 cm³/mol. The molecule has 0 aliphatic carbocycles. The van der Waals surface area contributed by atoms with Crippen LogP contribution in [0, 0.1) is 0 Å². The fraction of sp³-hybridized carbons (Fsp3) is 0.143. The van der Waals surface area contributed by atoms with Crippen molar-refractivity contribution in [1.29, 1.82) is 0 Å². The lowest BCUT2D eigenvalue weighted by molar-refractivity contribution is -0.116. The van der Waals surface area contributed by atoms with E-state index in [-0.39, 0.29) is 11.8 Å². The first-order valence-electron chi connectivity index (χ1n) is 5.98. The van der Waals surface area contributed by atoms with Gasteiger partial charge in [0, 0.05) is 29.1 Å². The van der Waals surface area contributed by atoms with Crippen LogP contribution in [0.1, 0.15) is 11.5 Å². The summed E-state index contributed by atoms with van der Waals surface area (Å²) < 4.78 is 0.965. The van der Waals surface area contributed by atoms with Gasteiger partial charge in [-0.15, -0.1) is 0 Å². The largest absolute Gasteiger partial charge is 0.383 e. The molecule has 0 saturated heterocycles. The van der Waals surface area contributed by atoms with Gasteiger partial charge in [-0.3, -0.25) is 9.78 Å². The van der Waals surface area contributed by atoms with E-state index < -0.39 is 0 Å². The first-order valence-corrected chi connectivity index (χ1v) is 6.77. The highest BCUT2D eigenvalue weighted by molar-refractivity contribution is 9.10. The number of pyridine rings is 1. The van der Waals surface area contributed by atoms with Gasteiger partial charge in [-0.1, -0.05) is 22.0 Å². The highest BCUT2D eigenvalue weighted by Gasteiger charge is 2.30. The van der Waals surface area contributed by atoms with E-state index in [0.29, 0.717) is 6.54 Å². The van der Waals surface area contributed by atoms with E-state index in [9.17, 15) is 4.79 Å². The van der Waals surface area contributed by atoms with Crippen molar-refractivity contribution in [1.82, 2.24) is 4.98 Å². The number of anilines is 2. The molecule has 5 heteroatoms. The Labute approximate surface area is 119 Å². The third-order valence-electron chi connectivity index (χ3n) is 3.14. The molecule has 0 unspecified atom stereocenters. The number of hydrogen-bond acceptors (Lipinski definition) is 3. The maximum atomic E-state index is 12.0. The van der Waals surface area contributed by atoms with E-state index in [1.165, 1.54) is 0 Å². The summed E-state index contributed by atoms with van der Waals surface area (Å²) in [5.41, 5.74) is 2.84. The highest BCUT2D eigenvalue weighted by atomic mass is 79.9. The number of amides is 1. The maximum absolute atomic E-state index is 12.0. The summed E-state index contributed by atoms with van der Waals surface area (Å²) in [5, 5.41) is 6.14. The monoisotopic (exact) mass is 317 g/mol. The number of benzene rings is 1. The molecular formula is C14H12BrN3O. The van der Waals surface area contributed by atoms with Crippen molar-refractivity contribution in [3.63, 3.8) is 0 Å². The summed E-state index contributed by atoms with van der Waals surface area (Å²) in [4.78, 5) is 16.0. The van der Waals surface area contributed by atoms with Crippen LogP contribution in [0.3, 0.4) is 0 Å². The van der Waals surface area contributed by atoms with Crippen molar-refractivity contribution in [2.45, 2.75) is 5.92 Å². The first-order chi connectivity index (χ1) is 9.24. The summed E-state index contributed by atoms with van der Waals surface area (Å²) in [7, 11) is 0. The van der Waals surface area contributed by atoms with E-state index >= 15 is 0 Å². The Balaban J connectivity index is 1.77. The van der Waals surface area contributed by atoms with Crippen molar-refractivity contribution in [3.8, 4) is 0 Å². The Hall–Kier alpha value is -1.88. The summed E-state index contributed by atoms with van der Waals surface area (Å²) >= 11 is 3.41. The third kappa shape index (κ3) is 2.46. The smallest absolute Gasteiger partial charge is 0.233 e. The molecule has 19 heavy (non-hydrogen) atoms. The van der Waals surface area contributed by atoms with Crippen LogP contribution in [0.4, 0.5) is 11.4 Å². The molecule has 0 saturated carbocycles. The molecule has 1 aliphatic rings. The second-order valence-electron chi connectivity index (χ2n) is 4.40. The second kappa shape index (κ2) is 5.01. The molecule has 2 N–H and O–H groups in total. The zero-order chi connectivity index (χ0) is 13.2. The summed E-state index contributed by atoms with van der Waals surface area (Å²) in [6.07, 6.45) is 3.47. The Morgan fingerprint density at radius 1 is 1.37 bits per heavy atom. The fourth-order valence-corrected chi connectivity index (χ4v) is 2.55. The van der Waals surface area contributed by atoms with Crippen molar-refractivity contribution in [2.75, 3.05) is 17.2 Å². The lowest BCUT2D eigenvalue weighted by Crippen LogP contribution is -2.20. The molecule has 96 valence electrons. The summed E-state index contributed by atoms with van der Waals surface area (Å²) in [6.45, 7) is 0.562. The molecule has 1 aliphatic heterocycles. The lowest BCUT2D eigenvalue weighted by atomic mass is 10.0. The van der Waals surface area contributed by atoms with Gasteiger partial charge in [-0.25, -0.2) is 0 Å². The number of nitrogens with zero attached hydrogens (tertiary/aromatic N) is 1. The van der Waals surface area contributed by atoms with Crippen LogP contribution in [0.15, 0.2) is 47.2 Å². The molecule has 1 aromatic heterocycles. The van der Waals surface area contributed by atoms with Crippen LogP contribution < -0.4 is 10.6 Å². The highest BCUT2D eigenvalue weighted by Crippen LogP contribution is 2.34. The number of halogens is 1. The van der Waals surface area contributed by atoms with Gasteiger partial charge in [0.2, 0.25) is 5.91 Å². The summed E-state index contributed by atoms with van der Waals surface area (Å²) in [6, 6.07) is 9.66. The van der Waals surface area contributed by atoms with Gasteiger partial charge in [0.1, 0.15) is 0 Å². The SMILES string of the molecule is O=C1Nc2cc(Br)ccc2[C@@H]1CNc1cccnc1. The number of carbonyl (C=O) groups is 1. The molecule has 0 spiro atoms. The molecule has 0 radical (unpaired) electrons. The number of nitrogens with one attached hydrogen (secondary N) is 2. The minimum absolute atomic E-state index is 0.0319. The zero-order valence-corrected chi connectivity index (χ0v) is 11.6. The molecule has 1 atom stereocenters. The van der Waals surface area contributed by atoms with E-state index in [1.54, 1.807) is 12.4 Å².